The molecule has 0 fully saturated rings. The van der Waals surface area contributed by atoms with Crippen LogP contribution in [0, 0.1) is 23.7 Å². The lowest BCUT2D eigenvalue weighted by atomic mass is 9.69. The summed E-state index contributed by atoms with van der Waals surface area (Å²) in [6, 6.07) is 12.5. The molecule has 2 aliphatic rings. The number of carbonyl (C=O) groups excluding carboxylic acids is 1. The number of carbonyl (C=O) groups is 1. The van der Waals surface area contributed by atoms with Gasteiger partial charge in [-0.2, -0.15) is 5.26 Å². The topological polar surface area (TPSA) is 70.1 Å². The highest BCUT2D eigenvalue weighted by molar-refractivity contribution is 7.99. The molecule has 0 radical (unpaired) electrons. The van der Waals surface area contributed by atoms with E-state index in [0.717, 1.165) is 44.5 Å². The molecule has 6 heteroatoms. The summed E-state index contributed by atoms with van der Waals surface area (Å²) in [7, 11) is 0. The molecule has 1 aromatic carbocycles. The molecule has 0 amide bonds. The van der Waals surface area contributed by atoms with E-state index in [1.54, 1.807) is 23.1 Å². The zero-order valence-corrected chi connectivity index (χ0v) is 20.0. The minimum Gasteiger partial charge on any atom is -0.384 e. The van der Waals surface area contributed by atoms with Crippen LogP contribution in [-0.4, -0.2) is 11.5 Å². The van der Waals surface area contributed by atoms with Crippen LogP contribution in [0.15, 0.2) is 63.3 Å². The van der Waals surface area contributed by atoms with E-state index in [1.807, 2.05) is 41.5 Å². The summed E-state index contributed by atoms with van der Waals surface area (Å²) in [6.45, 7) is 8.40. The maximum atomic E-state index is 13.6. The van der Waals surface area contributed by atoms with Gasteiger partial charge in [-0.1, -0.05) is 38.5 Å². The summed E-state index contributed by atoms with van der Waals surface area (Å²) in [5, 5.41) is 12.2. The minimum atomic E-state index is -0.389. The summed E-state index contributed by atoms with van der Waals surface area (Å²) in [5.41, 5.74) is 10.7. The van der Waals surface area contributed by atoms with Gasteiger partial charge in [-0.05, 0) is 48.1 Å². The number of nitrogens with two attached hydrogens (primary N) is 1. The van der Waals surface area contributed by atoms with Gasteiger partial charge in [0.2, 0.25) is 0 Å². The van der Waals surface area contributed by atoms with Crippen LogP contribution in [0.1, 0.15) is 50.0 Å². The van der Waals surface area contributed by atoms with Gasteiger partial charge in [0, 0.05) is 33.2 Å². The number of ketones is 1. The van der Waals surface area contributed by atoms with Crippen molar-refractivity contribution in [3.63, 3.8) is 0 Å². The summed E-state index contributed by atoms with van der Waals surface area (Å²) < 4.78 is 0. The number of benzene rings is 1. The first kappa shape index (κ1) is 21.7. The highest BCUT2D eigenvalue weighted by Gasteiger charge is 2.45. The van der Waals surface area contributed by atoms with Crippen LogP contribution in [0.2, 0.25) is 0 Å². The molecule has 4 rings (SSSR count). The van der Waals surface area contributed by atoms with Crippen molar-refractivity contribution >= 4 is 34.6 Å². The van der Waals surface area contributed by atoms with E-state index in [-0.39, 0.29) is 17.1 Å². The first-order valence-corrected chi connectivity index (χ1v) is 12.4. The van der Waals surface area contributed by atoms with Crippen molar-refractivity contribution in [2.75, 3.05) is 10.7 Å². The Morgan fingerprint density at radius 2 is 1.97 bits per heavy atom. The maximum absolute atomic E-state index is 13.6. The Morgan fingerprint density at radius 3 is 2.61 bits per heavy atom. The number of nitriles is 1. The third kappa shape index (κ3) is 3.81. The van der Waals surface area contributed by atoms with Crippen LogP contribution >= 0.6 is 23.1 Å². The molecule has 1 aliphatic heterocycles. The zero-order chi connectivity index (χ0) is 22.3. The molecule has 1 atom stereocenters. The molecule has 0 bridgehead atoms. The Labute approximate surface area is 192 Å². The van der Waals surface area contributed by atoms with Crippen LogP contribution in [0.25, 0.3) is 0 Å². The number of hydrogen-bond acceptors (Lipinski definition) is 6. The Bertz CT molecular complexity index is 1130. The summed E-state index contributed by atoms with van der Waals surface area (Å²) in [6.07, 6.45) is 1.21. The van der Waals surface area contributed by atoms with E-state index < -0.39 is 0 Å². The van der Waals surface area contributed by atoms with Crippen LogP contribution < -0.4 is 10.6 Å². The SMILES string of the molecule is CCSc1ccsc1[C@H]1C(C#N)=C(N)N(c2ccc(C)cc2)C2=C1C(=O)CC(C)(C)C2. The van der Waals surface area contributed by atoms with Crippen LogP contribution in [0.3, 0.4) is 0 Å². The lowest BCUT2D eigenvalue weighted by Gasteiger charge is -2.43. The molecule has 160 valence electrons. The number of thiophene rings is 1. The fourth-order valence-electron chi connectivity index (χ4n) is 4.55. The Hall–Kier alpha value is -2.49. The normalized spacial score (nSPS) is 20.7. The molecule has 0 saturated carbocycles. The van der Waals surface area contributed by atoms with Gasteiger partial charge in [0.1, 0.15) is 5.82 Å². The lowest BCUT2D eigenvalue weighted by molar-refractivity contribution is -0.118. The minimum absolute atomic E-state index is 0.120. The van der Waals surface area contributed by atoms with Crippen molar-refractivity contribution in [3.05, 3.63) is 68.8 Å². The van der Waals surface area contributed by atoms with Crippen molar-refractivity contribution in [2.45, 2.75) is 51.3 Å². The van der Waals surface area contributed by atoms with Crippen molar-refractivity contribution in [3.8, 4) is 6.07 Å². The first-order valence-electron chi connectivity index (χ1n) is 10.5. The Kier molecular flexibility index (Phi) is 5.76. The predicted octanol–water partition coefficient (Wildman–Crippen LogP) is 6.11. The highest BCUT2D eigenvalue weighted by atomic mass is 32.2. The van der Waals surface area contributed by atoms with E-state index in [4.69, 9.17) is 5.73 Å². The molecular formula is C25H27N3OS2. The first-order chi connectivity index (χ1) is 14.8. The fourth-order valence-corrected chi connectivity index (χ4v) is 6.60. The zero-order valence-electron chi connectivity index (χ0n) is 18.4. The second-order valence-electron chi connectivity index (χ2n) is 8.90. The number of nitrogens with zero attached hydrogens (tertiary/aromatic N) is 2. The van der Waals surface area contributed by atoms with E-state index in [0.29, 0.717) is 17.8 Å². The number of allylic oxidation sites excluding steroid dienone is 3. The maximum Gasteiger partial charge on any atom is 0.162 e. The molecule has 4 nitrogen and oxygen atoms in total. The standard InChI is InChI=1S/C25H27N3OS2/c1-5-30-20-10-11-31-23(20)21-17(14-26)24(27)28(16-8-6-15(2)7-9-16)18-12-25(3,4)13-19(29)22(18)21/h6-11,21H,5,12-13,27H2,1-4H3/t21-/m0/s1. The molecule has 31 heavy (non-hydrogen) atoms. The third-order valence-electron chi connectivity index (χ3n) is 5.89. The molecule has 2 heterocycles. The molecule has 1 aromatic heterocycles. The van der Waals surface area contributed by atoms with Gasteiger partial charge in [0.05, 0.1) is 17.6 Å². The highest BCUT2D eigenvalue weighted by Crippen LogP contribution is 2.52. The van der Waals surface area contributed by atoms with Crippen molar-refractivity contribution in [1.82, 2.24) is 0 Å². The summed E-state index contributed by atoms with van der Waals surface area (Å²) >= 11 is 3.35. The molecule has 0 unspecified atom stereocenters. The smallest absolute Gasteiger partial charge is 0.162 e. The molecule has 2 aromatic rings. The summed E-state index contributed by atoms with van der Waals surface area (Å²) in [4.78, 5) is 17.7. The monoisotopic (exact) mass is 449 g/mol. The van der Waals surface area contributed by atoms with Crippen LogP contribution in [-0.2, 0) is 4.79 Å². The third-order valence-corrected chi connectivity index (χ3v) is 7.96. The number of rotatable bonds is 4. The van der Waals surface area contributed by atoms with Crippen molar-refractivity contribution in [1.29, 1.82) is 5.26 Å². The number of anilines is 1. The van der Waals surface area contributed by atoms with Gasteiger partial charge in [-0.25, -0.2) is 0 Å². The second kappa shape index (κ2) is 8.22. The Morgan fingerprint density at radius 1 is 1.26 bits per heavy atom. The lowest BCUT2D eigenvalue weighted by Crippen LogP contribution is -2.42. The molecule has 2 N–H and O–H groups in total. The molecule has 1 aliphatic carbocycles. The van der Waals surface area contributed by atoms with E-state index in [1.165, 1.54) is 0 Å². The Balaban J connectivity index is 1.98. The average molecular weight is 450 g/mol. The van der Waals surface area contributed by atoms with Crippen LogP contribution in [0.5, 0.6) is 0 Å². The fraction of sp³-hybridized carbons (Fsp3) is 0.360. The van der Waals surface area contributed by atoms with Gasteiger partial charge in [-0.3, -0.25) is 9.69 Å². The van der Waals surface area contributed by atoms with E-state index in [9.17, 15) is 10.1 Å². The average Bonchev–Trinajstić information content (AvgIpc) is 3.15. The second-order valence-corrected chi connectivity index (χ2v) is 11.2. The largest absolute Gasteiger partial charge is 0.384 e. The van der Waals surface area contributed by atoms with Gasteiger partial charge in [0.15, 0.2) is 5.78 Å². The molecular weight excluding hydrogens is 422 g/mol. The molecule has 0 spiro atoms. The van der Waals surface area contributed by atoms with Gasteiger partial charge in [-0.15, -0.1) is 23.1 Å². The quantitative estimate of drug-likeness (QED) is 0.570. The van der Waals surface area contributed by atoms with Crippen molar-refractivity contribution in [2.24, 2.45) is 11.1 Å². The van der Waals surface area contributed by atoms with Gasteiger partial charge >= 0.3 is 0 Å². The number of aryl methyl sites for hydroxylation is 1. The predicted molar refractivity (Wildman–Crippen MR) is 129 cm³/mol. The van der Waals surface area contributed by atoms with Crippen molar-refractivity contribution < 1.29 is 4.79 Å². The summed E-state index contributed by atoms with van der Waals surface area (Å²) in [5.74, 6) is 1.09. The number of hydrogen-bond donors (Lipinski definition) is 1. The van der Waals surface area contributed by atoms with Gasteiger partial charge in [0.25, 0.3) is 0 Å². The number of Topliss-reactive ketones (excluding diaryl/α,β-unsaturated/α-hetero) is 1. The molecule has 0 saturated heterocycles. The number of thioether (sulfide) groups is 1. The van der Waals surface area contributed by atoms with Gasteiger partial charge < -0.3 is 5.73 Å². The van der Waals surface area contributed by atoms with E-state index >= 15 is 0 Å². The van der Waals surface area contributed by atoms with E-state index in [2.05, 4.69) is 32.9 Å². The van der Waals surface area contributed by atoms with Crippen LogP contribution in [0.4, 0.5) is 5.69 Å².